The lowest BCUT2D eigenvalue weighted by Gasteiger charge is -2.28. The number of piperidine rings is 1. The molecule has 0 radical (unpaired) electrons. The highest BCUT2D eigenvalue weighted by Gasteiger charge is 2.25. The molecule has 1 atom stereocenters. The monoisotopic (exact) mass is 351 g/mol. The molecule has 1 saturated heterocycles. The topological polar surface area (TPSA) is 21.3 Å². The number of benzene rings is 1. The number of nitrogens with one attached hydrogen (secondary N) is 1. The number of ether oxygens (including phenoxy) is 1. The van der Waals surface area contributed by atoms with Gasteiger partial charge in [-0.15, -0.1) is 0 Å². The molecule has 1 unspecified atom stereocenters. The second-order valence-corrected chi connectivity index (χ2v) is 7.32. The minimum atomic E-state index is 0.750. The maximum absolute atomic E-state index is 5.80. The van der Waals surface area contributed by atoms with E-state index in [1.807, 2.05) is 7.11 Å². The standard InChI is InChI=1S/C18H26BrNO/c1-12-14-7-3-4-8-15(14)17(19)18(21-2)16(12)10-13-6-5-9-20-11-13/h13,20H,3-11H2,1-2H3. The highest BCUT2D eigenvalue weighted by Crippen LogP contribution is 2.42. The molecule has 2 aliphatic rings. The molecule has 1 aliphatic heterocycles. The van der Waals surface area contributed by atoms with Gasteiger partial charge in [0.05, 0.1) is 11.6 Å². The quantitative estimate of drug-likeness (QED) is 0.881. The van der Waals surface area contributed by atoms with Gasteiger partial charge in [0.2, 0.25) is 0 Å². The lowest BCUT2D eigenvalue weighted by Crippen LogP contribution is -2.31. The Morgan fingerprint density at radius 3 is 2.62 bits per heavy atom. The molecule has 0 spiro atoms. The van der Waals surface area contributed by atoms with E-state index in [0.29, 0.717) is 0 Å². The second kappa shape index (κ2) is 6.70. The summed E-state index contributed by atoms with van der Waals surface area (Å²) in [6.07, 6.45) is 8.85. The number of methoxy groups -OCH3 is 1. The van der Waals surface area contributed by atoms with Crippen LogP contribution in [0.15, 0.2) is 4.47 Å². The van der Waals surface area contributed by atoms with Crippen molar-refractivity contribution < 1.29 is 4.74 Å². The van der Waals surface area contributed by atoms with E-state index in [-0.39, 0.29) is 0 Å². The van der Waals surface area contributed by atoms with Crippen molar-refractivity contribution in [3.05, 3.63) is 26.7 Å². The summed E-state index contributed by atoms with van der Waals surface area (Å²) in [4.78, 5) is 0. The van der Waals surface area contributed by atoms with E-state index < -0.39 is 0 Å². The van der Waals surface area contributed by atoms with Crippen LogP contribution in [0.2, 0.25) is 0 Å². The van der Waals surface area contributed by atoms with E-state index >= 15 is 0 Å². The SMILES string of the molecule is COc1c(Br)c2c(c(C)c1CC1CCCNC1)CCCC2. The van der Waals surface area contributed by atoms with Crippen LogP contribution in [0.5, 0.6) is 5.75 Å². The van der Waals surface area contributed by atoms with Gasteiger partial charge in [-0.3, -0.25) is 0 Å². The zero-order valence-corrected chi connectivity index (χ0v) is 14.8. The lowest BCUT2D eigenvalue weighted by molar-refractivity contribution is 0.362. The number of halogens is 1. The number of hydrogen-bond donors (Lipinski definition) is 1. The minimum Gasteiger partial charge on any atom is -0.495 e. The molecule has 0 amide bonds. The summed E-state index contributed by atoms with van der Waals surface area (Å²) in [5.41, 5.74) is 6.03. The van der Waals surface area contributed by atoms with Crippen molar-refractivity contribution >= 4 is 15.9 Å². The molecule has 1 aromatic rings. The van der Waals surface area contributed by atoms with Crippen LogP contribution in [-0.4, -0.2) is 20.2 Å². The summed E-state index contributed by atoms with van der Waals surface area (Å²) in [5.74, 6) is 1.85. The van der Waals surface area contributed by atoms with Crippen molar-refractivity contribution in [2.24, 2.45) is 5.92 Å². The van der Waals surface area contributed by atoms with E-state index in [2.05, 4.69) is 28.2 Å². The van der Waals surface area contributed by atoms with E-state index in [0.717, 1.165) is 24.6 Å². The number of hydrogen-bond acceptors (Lipinski definition) is 2. The predicted octanol–water partition coefficient (Wildman–Crippen LogP) is 4.19. The lowest BCUT2D eigenvalue weighted by atomic mass is 9.82. The van der Waals surface area contributed by atoms with Gasteiger partial charge in [-0.1, -0.05) is 0 Å². The Morgan fingerprint density at radius 2 is 1.95 bits per heavy atom. The van der Waals surface area contributed by atoms with Crippen LogP contribution in [0.4, 0.5) is 0 Å². The largest absolute Gasteiger partial charge is 0.495 e. The molecule has 1 aliphatic carbocycles. The van der Waals surface area contributed by atoms with Gasteiger partial charge >= 0.3 is 0 Å². The van der Waals surface area contributed by atoms with Gasteiger partial charge in [0.25, 0.3) is 0 Å². The minimum absolute atomic E-state index is 0.750. The van der Waals surface area contributed by atoms with E-state index in [9.17, 15) is 0 Å². The smallest absolute Gasteiger partial charge is 0.136 e. The maximum atomic E-state index is 5.80. The molecule has 0 aromatic heterocycles. The first-order valence-corrected chi connectivity index (χ1v) is 9.09. The Hall–Kier alpha value is -0.540. The third-order valence-electron chi connectivity index (χ3n) is 5.21. The molecule has 1 fully saturated rings. The van der Waals surface area contributed by atoms with Crippen LogP contribution >= 0.6 is 15.9 Å². The van der Waals surface area contributed by atoms with Crippen molar-refractivity contribution in [1.82, 2.24) is 5.32 Å². The summed E-state index contributed by atoms with van der Waals surface area (Å²) in [6, 6.07) is 0. The van der Waals surface area contributed by atoms with Crippen LogP contribution in [0.25, 0.3) is 0 Å². The predicted molar refractivity (Wildman–Crippen MR) is 91.4 cm³/mol. The average Bonchev–Trinajstić information content (AvgIpc) is 2.54. The third kappa shape index (κ3) is 3.00. The molecule has 2 nitrogen and oxygen atoms in total. The first-order chi connectivity index (χ1) is 10.2. The van der Waals surface area contributed by atoms with Gasteiger partial charge in [-0.05, 0) is 109 Å². The first-order valence-electron chi connectivity index (χ1n) is 8.29. The summed E-state index contributed by atoms with van der Waals surface area (Å²) in [5, 5.41) is 3.54. The summed E-state index contributed by atoms with van der Waals surface area (Å²) in [7, 11) is 1.82. The molecule has 0 bridgehead atoms. The van der Waals surface area contributed by atoms with Gasteiger partial charge in [-0.25, -0.2) is 0 Å². The van der Waals surface area contributed by atoms with E-state index in [1.54, 1.807) is 5.56 Å². The van der Waals surface area contributed by atoms with Crippen LogP contribution in [0, 0.1) is 12.8 Å². The van der Waals surface area contributed by atoms with Crippen molar-refractivity contribution in [3.63, 3.8) is 0 Å². The molecule has 21 heavy (non-hydrogen) atoms. The van der Waals surface area contributed by atoms with Crippen molar-refractivity contribution in [3.8, 4) is 5.75 Å². The van der Waals surface area contributed by atoms with Gasteiger partial charge in [0, 0.05) is 0 Å². The fourth-order valence-corrected chi connectivity index (χ4v) is 4.87. The Morgan fingerprint density at radius 1 is 1.19 bits per heavy atom. The summed E-state index contributed by atoms with van der Waals surface area (Å²) < 4.78 is 7.02. The van der Waals surface area contributed by atoms with Crippen molar-refractivity contribution in [2.45, 2.75) is 51.9 Å². The highest BCUT2D eigenvalue weighted by molar-refractivity contribution is 9.10. The van der Waals surface area contributed by atoms with E-state index in [1.165, 1.54) is 66.2 Å². The molecule has 1 N–H and O–H groups in total. The summed E-state index contributed by atoms with van der Waals surface area (Å²) in [6.45, 7) is 4.64. The number of rotatable bonds is 3. The molecule has 3 heteroatoms. The van der Waals surface area contributed by atoms with Gasteiger partial charge < -0.3 is 10.1 Å². The first kappa shape index (κ1) is 15.4. The van der Waals surface area contributed by atoms with Crippen LogP contribution in [0.1, 0.15) is 47.9 Å². The maximum Gasteiger partial charge on any atom is 0.136 e. The fraction of sp³-hybridized carbons (Fsp3) is 0.667. The van der Waals surface area contributed by atoms with Gasteiger partial charge in [0.1, 0.15) is 5.75 Å². The Bertz CT molecular complexity index is 521. The molecule has 1 aromatic carbocycles. The Labute approximate surface area is 136 Å². The van der Waals surface area contributed by atoms with Crippen LogP contribution in [-0.2, 0) is 19.3 Å². The molecular weight excluding hydrogens is 326 g/mol. The average molecular weight is 352 g/mol. The highest BCUT2D eigenvalue weighted by atomic mass is 79.9. The zero-order valence-electron chi connectivity index (χ0n) is 13.2. The van der Waals surface area contributed by atoms with E-state index in [4.69, 9.17) is 4.74 Å². The molecule has 1 heterocycles. The number of fused-ring (bicyclic) bond motifs is 1. The zero-order chi connectivity index (χ0) is 14.8. The third-order valence-corrected chi connectivity index (χ3v) is 6.05. The summed E-state index contributed by atoms with van der Waals surface area (Å²) >= 11 is 3.84. The molecular formula is C18H26BrNO. The molecule has 3 rings (SSSR count). The van der Waals surface area contributed by atoms with Crippen molar-refractivity contribution in [2.75, 3.05) is 20.2 Å². The Kier molecular flexibility index (Phi) is 4.90. The van der Waals surface area contributed by atoms with Crippen LogP contribution < -0.4 is 10.1 Å². The van der Waals surface area contributed by atoms with Gasteiger partial charge in [-0.2, -0.15) is 0 Å². The second-order valence-electron chi connectivity index (χ2n) is 6.53. The molecule has 0 saturated carbocycles. The normalized spacial score (nSPS) is 22.0. The van der Waals surface area contributed by atoms with Crippen LogP contribution in [0.3, 0.4) is 0 Å². The van der Waals surface area contributed by atoms with Crippen molar-refractivity contribution in [1.29, 1.82) is 0 Å². The fourth-order valence-electron chi connectivity index (χ4n) is 4.03. The molecule has 116 valence electrons. The Balaban J connectivity index is 1.99. The van der Waals surface area contributed by atoms with Gasteiger partial charge in [0.15, 0.2) is 0 Å².